The zero-order valence-corrected chi connectivity index (χ0v) is 10.6. The number of ether oxygens (including phenoxy) is 1. The molecule has 0 aliphatic carbocycles. The molecule has 0 saturated heterocycles. The maximum Gasteiger partial charge on any atom is 0.248 e. The van der Waals surface area contributed by atoms with Crippen LogP contribution in [0.15, 0.2) is 18.2 Å². The van der Waals surface area contributed by atoms with E-state index >= 15 is 0 Å². The van der Waals surface area contributed by atoms with Gasteiger partial charge in [0.25, 0.3) is 0 Å². The predicted octanol–water partition coefficient (Wildman–Crippen LogP) is 1.56. The fourth-order valence-electron chi connectivity index (χ4n) is 1.36. The predicted molar refractivity (Wildman–Crippen MR) is 68.2 cm³/mol. The van der Waals surface area contributed by atoms with Crippen molar-refractivity contribution in [1.82, 2.24) is 5.32 Å². The molecule has 0 unspecified atom stereocenters. The number of carbonyl (C=O) groups is 1. The number of carbonyl (C=O) groups excluding carboxylic acids is 1. The summed E-state index contributed by atoms with van der Waals surface area (Å²) in [4.78, 5) is 10.9. The number of hydrogen-bond donors (Lipinski definition) is 2. The van der Waals surface area contributed by atoms with Gasteiger partial charge in [0.2, 0.25) is 5.91 Å². The summed E-state index contributed by atoms with van der Waals surface area (Å²) < 4.78 is 5.20. The van der Waals surface area contributed by atoms with Gasteiger partial charge in [-0.1, -0.05) is 17.7 Å². The summed E-state index contributed by atoms with van der Waals surface area (Å²) in [5, 5.41) is 3.75. The van der Waals surface area contributed by atoms with Crippen LogP contribution in [0.25, 0.3) is 0 Å². The summed E-state index contributed by atoms with van der Waals surface area (Å²) in [6.45, 7) is 4.76. The third kappa shape index (κ3) is 4.73. The standard InChI is InChI=1S/C12H17ClN2O2/c1-2-17-6-5-15-8-10-4-3-9(12(14)16)7-11(10)13/h3-4,7,15H,2,5-6,8H2,1H3,(H2,14,16). The summed E-state index contributed by atoms with van der Waals surface area (Å²) in [6.07, 6.45) is 0. The summed E-state index contributed by atoms with van der Waals surface area (Å²) >= 11 is 6.03. The molecule has 17 heavy (non-hydrogen) atoms. The Morgan fingerprint density at radius 1 is 1.53 bits per heavy atom. The summed E-state index contributed by atoms with van der Waals surface area (Å²) in [5.41, 5.74) is 6.52. The van der Waals surface area contributed by atoms with Gasteiger partial charge in [0.1, 0.15) is 0 Å². The van der Waals surface area contributed by atoms with Gasteiger partial charge in [0.15, 0.2) is 0 Å². The lowest BCUT2D eigenvalue weighted by molar-refractivity contribution is 0.100. The summed E-state index contributed by atoms with van der Waals surface area (Å²) in [7, 11) is 0. The number of amides is 1. The van der Waals surface area contributed by atoms with Crippen molar-refractivity contribution in [2.75, 3.05) is 19.8 Å². The van der Waals surface area contributed by atoms with E-state index in [1.165, 1.54) is 0 Å². The first-order valence-electron chi connectivity index (χ1n) is 5.51. The van der Waals surface area contributed by atoms with Gasteiger partial charge in [-0.3, -0.25) is 4.79 Å². The van der Waals surface area contributed by atoms with E-state index in [1.54, 1.807) is 18.2 Å². The number of primary amides is 1. The third-order valence-electron chi connectivity index (χ3n) is 2.28. The first-order valence-corrected chi connectivity index (χ1v) is 5.89. The highest BCUT2D eigenvalue weighted by Crippen LogP contribution is 2.17. The van der Waals surface area contributed by atoms with Crippen molar-refractivity contribution >= 4 is 17.5 Å². The fourth-order valence-corrected chi connectivity index (χ4v) is 1.60. The van der Waals surface area contributed by atoms with Crippen molar-refractivity contribution in [2.24, 2.45) is 5.73 Å². The van der Waals surface area contributed by atoms with Crippen molar-refractivity contribution in [1.29, 1.82) is 0 Å². The van der Waals surface area contributed by atoms with Crippen LogP contribution in [0, 0.1) is 0 Å². The fraction of sp³-hybridized carbons (Fsp3) is 0.417. The average Bonchev–Trinajstić information content (AvgIpc) is 2.30. The van der Waals surface area contributed by atoms with Gasteiger partial charge >= 0.3 is 0 Å². The molecule has 5 heteroatoms. The van der Waals surface area contributed by atoms with E-state index in [0.717, 1.165) is 18.7 Å². The summed E-state index contributed by atoms with van der Waals surface area (Å²) in [5.74, 6) is -0.470. The van der Waals surface area contributed by atoms with Crippen LogP contribution in [0.4, 0.5) is 0 Å². The molecule has 0 atom stereocenters. The molecule has 0 aromatic heterocycles. The van der Waals surface area contributed by atoms with Crippen molar-refractivity contribution < 1.29 is 9.53 Å². The van der Waals surface area contributed by atoms with Gasteiger partial charge in [0.05, 0.1) is 6.61 Å². The third-order valence-corrected chi connectivity index (χ3v) is 2.63. The van der Waals surface area contributed by atoms with E-state index in [4.69, 9.17) is 22.1 Å². The maximum atomic E-state index is 10.9. The lowest BCUT2D eigenvalue weighted by Crippen LogP contribution is -2.19. The minimum atomic E-state index is -0.470. The van der Waals surface area contributed by atoms with E-state index in [0.29, 0.717) is 23.7 Å². The number of halogens is 1. The molecule has 3 N–H and O–H groups in total. The zero-order valence-electron chi connectivity index (χ0n) is 9.83. The van der Waals surface area contributed by atoms with Crippen LogP contribution in [0.5, 0.6) is 0 Å². The highest BCUT2D eigenvalue weighted by atomic mass is 35.5. The number of hydrogen-bond acceptors (Lipinski definition) is 3. The van der Waals surface area contributed by atoms with Crippen LogP contribution < -0.4 is 11.1 Å². The van der Waals surface area contributed by atoms with Crippen LogP contribution in [0.1, 0.15) is 22.8 Å². The molecule has 0 heterocycles. The molecule has 1 rings (SSSR count). The Morgan fingerprint density at radius 2 is 2.29 bits per heavy atom. The van der Waals surface area contributed by atoms with E-state index in [2.05, 4.69) is 5.32 Å². The first-order chi connectivity index (χ1) is 8.15. The second-order valence-corrected chi connectivity index (χ2v) is 3.95. The first kappa shape index (κ1) is 14.0. The summed E-state index contributed by atoms with van der Waals surface area (Å²) in [6, 6.07) is 5.06. The molecule has 0 radical (unpaired) electrons. The topological polar surface area (TPSA) is 64.3 Å². The molecule has 0 saturated carbocycles. The van der Waals surface area contributed by atoms with E-state index in [9.17, 15) is 4.79 Å². The monoisotopic (exact) mass is 256 g/mol. The average molecular weight is 257 g/mol. The number of benzene rings is 1. The molecular formula is C12H17ClN2O2. The molecule has 0 spiro atoms. The largest absolute Gasteiger partial charge is 0.380 e. The lowest BCUT2D eigenvalue weighted by atomic mass is 10.1. The lowest BCUT2D eigenvalue weighted by Gasteiger charge is -2.07. The second-order valence-electron chi connectivity index (χ2n) is 3.54. The van der Waals surface area contributed by atoms with E-state index in [-0.39, 0.29) is 0 Å². The minimum Gasteiger partial charge on any atom is -0.380 e. The number of nitrogens with one attached hydrogen (secondary N) is 1. The highest BCUT2D eigenvalue weighted by Gasteiger charge is 2.05. The van der Waals surface area contributed by atoms with Crippen LogP contribution in [0.2, 0.25) is 5.02 Å². The van der Waals surface area contributed by atoms with Crippen molar-refractivity contribution in [3.05, 3.63) is 34.3 Å². The Hall–Kier alpha value is -1.10. The molecule has 4 nitrogen and oxygen atoms in total. The zero-order chi connectivity index (χ0) is 12.7. The van der Waals surface area contributed by atoms with Crippen molar-refractivity contribution in [2.45, 2.75) is 13.5 Å². The van der Waals surface area contributed by atoms with Crippen molar-refractivity contribution in [3.8, 4) is 0 Å². The molecule has 0 bridgehead atoms. The molecule has 1 amide bonds. The smallest absolute Gasteiger partial charge is 0.248 e. The highest BCUT2D eigenvalue weighted by molar-refractivity contribution is 6.31. The molecular weight excluding hydrogens is 240 g/mol. The Balaban J connectivity index is 2.46. The van der Waals surface area contributed by atoms with Gasteiger partial charge in [0, 0.05) is 30.3 Å². The van der Waals surface area contributed by atoms with Crippen LogP contribution in [-0.2, 0) is 11.3 Å². The molecule has 1 aromatic carbocycles. The minimum absolute atomic E-state index is 0.424. The molecule has 0 aliphatic rings. The van der Waals surface area contributed by atoms with Gasteiger partial charge in [-0.25, -0.2) is 0 Å². The van der Waals surface area contributed by atoms with E-state index in [1.807, 2.05) is 6.92 Å². The SMILES string of the molecule is CCOCCNCc1ccc(C(N)=O)cc1Cl. The molecule has 94 valence electrons. The quantitative estimate of drug-likeness (QED) is 0.728. The maximum absolute atomic E-state index is 10.9. The normalized spacial score (nSPS) is 10.5. The number of rotatable bonds is 7. The van der Waals surface area contributed by atoms with Gasteiger partial charge in [-0.05, 0) is 24.6 Å². The van der Waals surface area contributed by atoms with Gasteiger partial charge in [-0.15, -0.1) is 0 Å². The molecule has 0 fully saturated rings. The van der Waals surface area contributed by atoms with Crippen LogP contribution in [0.3, 0.4) is 0 Å². The van der Waals surface area contributed by atoms with Gasteiger partial charge in [-0.2, -0.15) is 0 Å². The Morgan fingerprint density at radius 3 is 2.88 bits per heavy atom. The van der Waals surface area contributed by atoms with Gasteiger partial charge < -0.3 is 15.8 Å². The Labute approximate surface area is 106 Å². The number of nitrogens with two attached hydrogens (primary N) is 1. The van der Waals surface area contributed by atoms with Crippen molar-refractivity contribution in [3.63, 3.8) is 0 Å². The Kier molecular flexibility index (Phi) is 5.97. The second kappa shape index (κ2) is 7.27. The Bertz CT molecular complexity index is 383. The van der Waals surface area contributed by atoms with E-state index < -0.39 is 5.91 Å². The molecule has 0 aliphatic heterocycles. The van der Waals surface area contributed by atoms with Crippen LogP contribution >= 0.6 is 11.6 Å². The molecule has 1 aromatic rings. The van der Waals surface area contributed by atoms with Crippen LogP contribution in [-0.4, -0.2) is 25.7 Å².